The van der Waals surface area contributed by atoms with E-state index in [1.165, 1.54) is 22.8 Å². The summed E-state index contributed by atoms with van der Waals surface area (Å²) < 4.78 is 61.3. The fraction of sp³-hybridized carbons (Fsp3) is 0.556. The first kappa shape index (κ1) is 31.3. The largest absolute Gasteiger partial charge is 0.547 e. The van der Waals surface area contributed by atoms with Gasteiger partial charge in [0, 0.05) is 31.5 Å². The molecule has 224 valence electrons. The number of hydrogen-bond acceptors (Lipinski definition) is 9. The minimum Gasteiger partial charge on any atom is -0.446 e. The third kappa shape index (κ3) is 8.91. The van der Waals surface area contributed by atoms with Gasteiger partial charge in [-0.25, -0.2) is 13.2 Å². The maximum absolute atomic E-state index is 13.4. The molecular formula is C27H37N3O9PS+. The lowest BCUT2D eigenvalue weighted by atomic mass is 10.0. The summed E-state index contributed by atoms with van der Waals surface area (Å²) in [6.07, 6.45) is 2.64. The molecule has 3 heterocycles. The molecule has 0 aliphatic carbocycles. The summed E-state index contributed by atoms with van der Waals surface area (Å²) in [6.45, 7) is 5.18. The predicted octanol–water partition coefficient (Wildman–Crippen LogP) is 3.29. The van der Waals surface area contributed by atoms with E-state index >= 15 is 0 Å². The van der Waals surface area contributed by atoms with E-state index in [4.69, 9.17) is 23.8 Å². The molecule has 0 radical (unpaired) electrons. The minimum absolute atomic E-state index is 0.00743. The molecule has 1 aromatic heterocycles. The molecule has 1 aromatic carbocycles. The smallest absolute Gasteiger partial charge is 0.446 e. The number of nitrogens with zero attached hydrogens (tertiary/aromatic N) is 2. The van der Waals surface area contributed by atoms with Crippen LogP contribution in [0.4, 0.5) is 4.79 Å². The molecule has 2 aliphatic heterocycles. The Kier molecular flexibility index (Phi) is 11.0. The van der Waals surface area contributed by atoms with Gasteiger partial charge in [-0.3, -0.25) is 4.98 Å². The number of rotatable bonds is 14. The first-order valence-corrected chi connectivity index (χ1v) is 16.4. The molecule has 2 fully saturated rings. The molecule has 2 aromatic rings. The molecule has 0 bridgehead atoms. The summed E-state index contributed by atoms with van der Waals surface area (Å²) in [5.41, 5.74) is 0.856. The summed E-state index contributed by atoms with van der Waals surface area (Å²) in [6, 6.07) is 9.59. The van der Waals surface area contributed by atoms with Gasteiger partial charge in [-0.15, -0.1) is 0 Å². The molecule has 4 rings (SSSR count). The zero-order chi connectivity index (χ0) is 29.4. The topological polar surface area (TPSA) is 154 Å². The first-order chi connectivity index (χ1) is 19.6. The Bertz CT molecular complexity index is 1260. The molecule has 0 spiro atoms. The van der Waals surface area contributed by atoms with Gasteiger partial charge in [-0.2, -0.15) is 9.20 Å². The Labute approximate surface area is 241 Å². The Hall–Kier alpha value is -2.67. The molecule has 5 atom stereocenters. The number of carbonyl (C=O) groups excluding carboxylic acids is 1. The van der Waals surface area contributed by atoms with Crippen LogP contribution in [0.3, 0.4) is 0 Å². The van der Waals surface area contributed by atoms with Crippen LogP contribution in [-0.4, -0.2) is 79.8 Å². The number of alkyl carbamates (subject to hydrolysis) is 1. The Morgan fingerprint density at radius 3 is 2.71 bits per heavy atom. The molecule has 41 heavy (non-hydrogen) atoms. The fourth-order valence-electron chi connectivity index (χ4n) is 4.91. The van der Waals surface area contributed by atoms with Gasteiger partial charge >= 0.3 is 20.5 Å². The second-order valence-corrected chi connectivity index (χ2v) is 13.4. The number of nitrogens with one attached hydrogen (secondary N) is 1. The van der Waals surface area contributed by atoms with Crippen molar-refractivity contribution in [2.75, 3.05) is 32.7 Å². The SMILES string of the molecule is CC(C)CN(CC[C@H](Cc1ccc(OC[P+](=O)O)cc1)NC(=O)O[C@H]1CO[C@H]2OCC[C@H]21)S(=O)(=O)c1cccnc1. The molecular weight excluding hydrogens is 573 g/mol. The van der Waals surface area contributed by atoms with Crippen LogP contribution in [0.2, 0.25) is 0 Å². The van der Waals surface area contributed by atoms with Crippen molar-refractivity contribution in [1.29, 1.82) is 0 Å². The van der Waals surface area contributed by atoms with Crippen LogP contribution < -0.4 is 10.1 Å². The standard InChI is InChI=1S/C27H36N3O9PS/c1-19(2)16-30(41(34,35)23-4-3-11-28-15-23)12-9-21(14-20-5-7-22(8-6-20)38-18-40(32)33)29-27(31)39-25-17-37-26-24(25)10-13-36-26/h3-8,11,15,19,21,24-26H,9-10,12-14,16-18H2,1-2H3,(H-,29,31,32,33)/p+1/t21-,24+,25+,26-/m1/s1. The third-order valence-corrected chi connectivity index (χ3v) is 9.08. The van der Waals surface area contributed by atoms with E-state index < -0.39 is 36.3 Å². The second kappa shape index (κ2) is 14.5. The van der Waals surface area contributed by atoms with E-state index in [-0.39, 0.29) is 42.5 Å². The van der Waals surface area contributed by atoms with E-state index in [2.05, 4.69) is 10.3 Å². The monoisotopic (exact) mass is 610 g/mol. The number of carbonyl (C=O) groups is 1. The van der Waals surface area contributed by atoms with Crippen molar-refractivity contribution in [3.8, 4) is 5.75 Å². The third-order valence-electron chi connectivity index (χ3n) is 6.88. The number of ether oxygens (including phenoxy) is 4. The Morgan fingerprint density at radius 1 is 1.24 bits per heavy atom. The van der Waals surface area contributed by atoms with E-state index in [0.717, 1.165) is 12.0 Å². The van der Waals surface area contributed by atoms with Gasteiger partial charge < -0.3 is 24.3 Å². The molecule has 14 heteroatoms. The van der Waals surface area contributed by atoms with Crippen molar-refractivity contribution in [2.24, 2.45) is 11.8 Å². The van der Waals surface area contributed by atoms with Crippen LogP contribution in [0.5, 0.6) is 5.75 Å². The van der Waals surface area contributed by atoms with E-state index in [0.29, 0.717) is 31.7 Å². The molecule has 0 saturated carbocycles. The minimum atomic E-state index is -3.81. The maximum Gasteiger partial charge on any atom is 0.547 e. The van der Waals surface area contributed by atoms with Crippen LogP contribution in [0, 0.1) is 11.8 Å². The molecule has 2 N–H and O–H groups in total. The van der Waals surface area contributed by atoms with Crippen molar-refractivity contribution in [2.45, 2.75) is 56.4 Å². The van der Waals surface area contributed by atoms with Crippen LogP contribution in [0.1, 0.15) is 32.3 Å². The highest BCUT2D eigenvalue weighted by atomic mass is 32.2. The maximum atomic E-state index is 13.4. The number of hydrogen-bond donors (Lipinski definition) is 2. The number of sulfonamides is 1. The molecule has 2 saturated heterocycles. The average Bonchev–Trinajstić information content (AvgIpc) is 3.56. The number of pyridine rings is 1. The summed E-state index contributed by atoms with van der Waals surface area (Å²) in [4.78, 5) is 26.0. The highest BCUT2D eigenvalue weighted by Crippen LogP contribution is 2.33. The summed E-state index contributed by atoms with van der Waals surface area (Å²) >= 11 is 0. The van der Waals surface area contributed by atoms with Crippen LogP contribution in [-0.2, 0) is 35.2 Å². The van der Waals surface area contributed by atoms with Crippen molar-refractivity contribution >= 4 is 24.1 Å². The van der Waals surface area contributed by atoms with Gasteiger partial charge in [0.25, 0.3) is 0 Å². The molecule has 1 amide bonds. The van der Waals surface area contributed by atoms with Gasteiger partial charge in [0.15, 0.2) is 6.29 Å². The zero-order valence-electron chi connectivity index (χ0n) is 23.1. The van der Waals surface area contributed by atoms with Crippen molar-refractivity contribution in [3.05, 3.63) is 54.4 Å². The summed E-state index contributed by atoms with van der Waals surface area (Å²) in [5.74, 6) is 0.505. The number of benzene rings is 1. The molecule has 12 nitrogen and oxygen atoms in total. The summed E-state index contributed by atoms with van der Waals surface area (Å²) in [5, 5.41) is 2.93. The molecule has 2 aliphatic rings. The quantitative estimate of drug-likeness (QED) is 0.305. The Morgan fingerprint density at radius 2 is 2.02 bits per heavy atom. The number of amides is 1. The van der Waals surface area contributed by atoms with Gasteiger partial charge in [0.1, 0.15) is 16.7 Å². The Balaban J connectivity index is 1.46. The average molecular weight is 611 g/mol. The normalized spacial score (nSPS) is 21.5. The number of aromatic nitrogens is 1. The lowest BCUT2D eigenvalue weighted by Crippen LogP contribution is -2.43. The first-order valence-electron chi connectivity index (χ1n) is 13.6. The van der Waals surface area contributed by atoms with Gasteiger partial charge in [-0.05, 0) is 59.6 Å². The van der Waals surface area contributed by atoms with Gasteiger partial charge in [-0.1, -0.05) is 26.0 Å². The van der Waals surface area contributed by atoms with Gasteiger partial charge in [0.2, 0.25) is 10.0 Å². The predicted molar refractivity (Wildman–Crippen MR) is 149 cm³/mol. The molecule has 1 unspecified atom stereocenters. The zero-order valence-corrected chi connectivity index (χ0v) is 24.8. The number of fused-ring (bicyclic) bond motifs is 1. The van der Waals surface area contributed by atoms with Crippen molar-refractivity contribution in [3.63, 3.8) is 0 Å². The van der Waals surface area contributed by atoms with Crippen LogP contribution in [0.25, 0.3) is 0 Å². The summed E-state index contributed by atoms with van der Waals surface area (Å²) in [7, 11) is -6.22. The highest BCUT2D eigenvalue weighted by Gasteiger charge is 2.44. The van der Waals surface area contributed by atoms with Crippen molar-refractivity contribution in [1.82, 2.24) is 14.6 Å². The van der Waals surface area contributed by atoms with E-state index in [1.807, 2.05) is 13.8 Å². The second-order valence-electron chi connectivity index (χ2n) is 10.5. The lowest BCUT2D eigenvalue weighted by Gasteiger charge is -2.27. The lowest BCUT2D eigenvalue weighted by molar-refractivity contribution is -0.0907. The highest BCUT2D eigenvalue weighted by molar-refractivity contribution is 7.89. The van der Waals surface area contributed by atoms with E-state index in [9.17, 15) is 17.8 Å². The van der Waals surface area contributed by atoms with E-state index in [1.54, 1.807) is 30.3 Å². The van der Waals surface area contributed by atoms with Gasteiger partial charge in [0.05, 0.1) is 19.1 Å². The fourth-order valence-corrected chi connectivity index (χ4v) is 6.75. The van der Waals surface area contributed by atoms with Crippen LogP contribution >= 0.6 is 8.03 Å². The van der Waals surface area contributed by atoms with Crippen LogP contribution in [0.15, 0.2) is 53.7 Å². The van der Waals surface area contributed by atoms with Crippen molar-refractivity contribution < 1.29 is 41.6 Å².